The number of H-pyrrole nitrogens is 1. The van der Waals surface area contributed by atoms with Crippen LogP contribution in [0.1, 0.15) is 33.1 Å². The summed E-state index contributed by atoms with van der Waals surface area (Å²) in [7, 11) is 0. The van der Waals surface area contributed by atoms with E-state index < -0.39 is 0 Å². The van der Waals surface area contributed by atoms with E-state index in [-0.39, 0.29) is 18.3 Å². The van der Waals surface area contributed by atoms with Crippen LogP contribution < -0.4 is 10.6 Å². The van der Waals surface area contributed by atoms with E-state index in [1.807, 2.05) is 24.4 Å². The molecule has 0 saturated heterocycles. The molecule has 142 valence electrons. The van der Waals surface area contributed by atoms with E-state index >= 15 is 0 Å². The van der Waals surface area contributed by atoms with Crippen molar-refractivity contribution in [1.82, 2.24) is 30.4 Å². The van der Waals surface area contributed by atoms with Gasteiger partial charge in [-0.1, -0.05) is 30.3 Å². The highest BCUT2D eigenvalue weighted by Gasteiger charge is 2.21. The van der Waals surface area contributed by atoms with Crippen molar-refractivity contribution in [2.24, 2.45) is 0 Å². The van der Waals surface area contributed by atoms with E-state index in [1.165, 1.54) is 5.56 Å². The van der Waals surface area contributed by atoms with Crippen LogP contribution in [-0.2, 0) is 32.5 Å². The molecule has 0 saturated carbocycles. The van der Waals surface area contributed by atoms with Crippen LogP contribution in [0.25, 0.3) is 0 Å². The van der Waals surface area contributed by atoms with Crippen molar-refractivity contribution in [3.63, 3.8) is 0 Å². The van der Waals surface area contributed by atoms with Crippen LogP contribution in [0.15, 0.2) is 42.7 Å². The van der Waals surface area contributed by atoms with E-state index in [9.17, 15) is 4.79 Å². The average molecular weight is 387 g/mol. The maximum Gasteiger partial charge on any atom is 0.272 e. The smallest absolute Gasteiger partial charge is 0.272 e. The third-order valence-corrected chi connectivity index (χ3v) is 4.71. The summed E-state index contributed by atoms with van der Waals surface area (Å²) < 4.78 is 2.08. The predicted octanol–water partition coefficient (Wildman–Crippen LogP) is 1.85. The predicted molar refractivity (Wildman–Crippen MR) is 105 cm³/mol. The first-order valence-corrected chi connectivity index (χ1v) is 8.90. The van der Waals surface area contributed by atoms with E-state index in [0.717, 1.165) is 43.0 Å². The Labute approximate surface area is 164 Å². The SMILES string of the molecule is Cl.O=C(NCc1nccn1CCc1ccccc1)c1n[nH]c2c1CNCC2. The first-order chi connectivity index (χ1) is 12.8. The molecule has 3 N–H and O–H groups in total. The molecule has 4 rings (SSSR count). The summed E-state index contributed by atoms with van der Waals surface area (Å²) in [6.07, 6.45) is 5.52. The maximum atomic E-state index is 12.5. The number of nitrogens with zero attached hydrogens (tertiary/aromatic N) is 3. The zero-order chi connectivity index (χ0) is 17.8. The van der Waals surface area contributed by atoms with Gasteiger partial charge in [-0.3, -0.25) is 9.89 Å². The Morgan fingerprint density at radius 3 is 2.96 bits per heavy atom. The number of fused-ring (bicyclic) bond motifs is 1. The second-order valence-electron chi connectivity index (χ2n) is 6.41. The maximum absolute atomic E-state index is 12.5. The number of rotatable bonds is 6. The number of carbonyl (C=O) groups excluding carboxylic acids is 1. The molecule has 3 aromatic rings. The number of imidazole rings is 1. The number of aromatic nitrogens is 4. The quantitative estimate of drug-likeness (QED) is 0.603. The molecule has 1 aliphatic rings. The van der Waals surface area contributed by atoms with Gasteiger partial charge in [0.2, 0.25) is 0 Å². The number of nitrogens with one attached hydrogen (secondary N) is 3. The van der Waals surface area contributed by atoms with Gasteiger partial charge in [0.1, 0.15) is 5.82 Å². The number of benzene rings is 1. The highest BCUT2D eigenvalue weighted by molar-refractivity contribution is 5.93. The molecule has 0 aliphatic carbocycles. The van der Waals surface area contributed by atoms with Crippen molar-refractivity contribution < 1.29 is 4.79 Å². The minimum absolute atomic E-state index is 0. The number of carbonyl (C=O) groups is 1. The Balaban J connectivity index is 0.00000210. The highest BCUT2D eigenvalue weighted by atomic mass is 35.5. The first kappa shape index (κ1) is 19.1. The van der Waals surface area contributed by atoms with Gasteiger partial charge in [-0.05, 0) is 12.0 Å². The summed E-state index contributed by atoms with van der Waals surface area (Å²) in [5, 5.41) is 13.4. The highest BCUT2D eigenvalue weighted by Crippen LogP contribution is 2.15. The lowest BCUT2D eigenvalue weighted by atomic mass is 10.1. The molecule has 0 atom stereocenters. The third-order valence-electron chi connectivity index (χ3n) is 4.71. The first-order valence-electron chi connectivity index (χ1n) is 8.90. The van der Waals surface area contributed by atoms with Gasteiger partial charge in [-0.25, -0.2) is 4.98 Å². The zero-order valence-corrected chi connectivity index (χ0v) is 15.8. The zero-order valence-electron chi connectivity index (χ0n) is 14.9. The molecule has 0 spiro atoms. The summed E-state index contributed by atoms with van der Waals surface area (Å²) in [6, 6.07) is 10.3. The summed E-state index contributed by atoms with van der Waals surface area (Å²) >= 11 is 0. The molecule has 3 heterocycles. The van der Waals surface area contributed by atoms with Gasteiger partial charge < -0.3 is 15.2 Å². The Kier molecular flexibility index (Phi) is 6.26. The van der Waals surface area contributed by atoms with Crippen LogP contribution in [0.4, 0.5) is 0 Å². The second-order valence-corrected chi connectivity index (χ2v) is 6.41. The van der Waals surface area contributed by atoms with Crippen molar-refractivity contribution in [3.05, 3.63) is 71.1 Å². The summed E-state index contributed by atoms with van der Waals surface area (Å²) in [5.74, 6) is 0.681. The fourth-order valence-electron chi connectivity index (χ4n) is 3.26. The number of amides is 1. The van der Waals surface area contributed by atoms with Gasteiger partial charge in [-0.2, -0.15) is 5.10 Å². The van der Waals surface area contributed by atoms with E-state index in [1.54, 1.807) is 6.20 Å². The van der Waals surface area contributed by atoms with E-state index in [2.05, 4.69) is 42.5 Å². The third kappa shape index (κ3) is 4.37. The standard InChI is InChI=1S/C19H22N6O.ClH/c26-19(18-15-12-20-8-6-16(15)23-24-18)22-13-17-21-9-11-25(17)10-7-14-4-2-1-3-5-14;/h1-5,9,11,20H,6-8,10,12-13H2,(H,22,26)(H,23,24);1H. The fourth-order valence-corrected chi connectivity index (χ4v) is 3.26. The lowest BCUT2D eigenvalue weighted by Gasteiger charge is -2.13. The minimum Gasteiger partial charge on any atom is -0.343 e. The molecule has 2 aromatic heterocycles. The number of hydrogen-bond acceptors (Lipinski definition) is 4. The molecule has 0 fully saturated rings. The molecule has 0 unspecified atom stereocenters. The van der Waals surface area contributed by atoms with Crippen LogP contribution in [0, 0.1) is 0 Å². The lowest BCUT2D eigenvalue weighted by Crippen LogP contribution is -2.29. The average Bonchev–Trinajstić information content (AvgIpc) is 3.32. The second kappa shape index (κ2) is 8.83. The van der Waals surface area contributed by atoms with Crippen LogP contribution in [0.2, 0.25) is 0 Å². The van der Waals surface area contributed by atoms with Crippen molar-refractivity contribution in [2.45, 2.75) is 32.5 Å². The normalized spacial score (nSPS) is 12.9. The Hall–Kier alpha value is -2.64. The van der Waals surface area contributed by atoms with Gasteiger partial charge in [-0.15, -0.1) is 12.4 Å². The Morgan fingerprint density at radius 2 is 2.11 bits per heavy atom. The molecular formula is C19H23ClN6O. The topological polar surface area (TPSA) is 87.6 Å². The molecule has 0 bridgehead atoms. The fraction of sp³-hybridized carbons (Fsp3) is 0.316. The molecule has 27 heavy (non-hydrogen) atoms. The molecular weight excluding hydrogens is 364 g/mol. The van der Waals surface area contributed by atoms with Gasteiger partial charge in [0, 0.05) is 49.7 Å². The van der Waals surface area contributed by atoms with Crippen LogP contribution in [0.3, 0.4) is 0 Å². The van der Waals surface area contributed by atoms with Gasteiger partial charge >= 0.3 is 0 Å². The van der Waals surface area contributed by atoms with Crippen LogP contribution in [0.5, 0.6) is 0 Å². The van der Waals surface area contributed by atoms with E-state index in [0.29, 0.717) is 18.8 Å². The van der Waals surface area contributed by atoms with Crippen molar-refractivity contribution in [3.8, 4) is 0 Å². The molecule has 1 aromatic carbocycles. The minimum atomic E-state index is -0.163. The summed E-state index contributed by atoms with van der Waals surface area (Å²) in [5.41, 5.74) is 3.79. The van der Waals surface area contributed by atoms with Gasteiger partial charge in [0.25, 0.3) is 5.91 Å². The number of aryl methyl sites for hydroxylation is 2. The van der Waals surface area contributed by atoms with Crippen molar-refractivity contribution in [2.75, 3.05) is 6.54 Å². The monoisotopic (exact) mass is 386 g/mol. The summed E-state index contributed by atoms with van der Waals surface area (Å²) in [6.45, 7) is 2.81. The molecule has 0 radical (unpaired) electrons. The molecule has 1 aliphatic heterocycles. The summed E-state index contributed by atoms with van der Waals surface area (Å²) in [4.78, 5) is 16.9. The van der Waals surface area contributed by atoms with Crippen LogP contribution >= 0.6 is 12.4 Å². The number of halogens is 1. The van der Waals surface area contributed by atoms with E-state index in [4.69, 9.17) is 0 Å². The molecule has 7 nitrogen and oxygen atoms in total. The lowest BCUT2D eigenvalue weighted by molar-refractivity contribution is 0.0943. The Bertz CT molecular complexity index is 889. The van der Waals surface area contributed by atoms with Crippen LogP contribution in [-0.4, -0.2) is 32.2 Å². The van der Waals surface area contributed by atoms with Gasteiger partial charge in [0.15, 0.2) is 5.69 Å². The van der Waals surface area contributed by atoms with Crippen molar-refractivity contribution >= 4 is 18.3 Å². The van der Waals surface area contributed by atoms with Gasteiger partial charge in [0.05, 0.1) is 6.54 Å². The molecule has 1 amide bonds. The van der Waals surface area contributed by atoms with Crippen molar-refractivity contribution in [1.29, 1.82) is 0 Å². The largest absolute Gasteiger partial charge is 0.343 e. The Morgan fingerprint density at radius 1 is 1.26 bits per heavy atom. The number of hydrogen-bond donors (Lipinski definition) is 3. The number of aromatic amines is 1. The molecule has 8 heteroatoms.